The van der Waals surface area contributed by atoms with Crippen LogP contribution in [0, 0.1) is 0 Å². The first kappa shape index (κ1) is 21.1. The lowest BCUT2D eigenvalue weighted by atomic mass is 10.2. The maximum absolute atomic E-state index is 13.0. The SMILES string of the molecule is COc1ccc(S(=O)(=O)N2CCCCC2)cc1NC(=O)c1ccc(-n2cccn2)cc1. The van der Waals surface area contributed by atoms with E-state index in [0.29, 0.717) is 30.1 Å². The number of carbonyl (C=O) groups excluding carboxylic acids is 1. The molecule has 0 saturated carbocycles. The molecule has 9 heteroatoms. The number of amides is 1. The Kier molecular flexibility index (Phi) is 6.06. The zero-order chi connectivity index (χ0) is 21.8. The van der Waals surface area contributed by atoms with Crippen LogP contribution >= 0.6 is 0 Å². The number of carbonyl (C=O) groups is 1. The summed E-state index contributed by atoms with van der Waals surface area (Å²) in [5.41, 5.74) is 1.57. The van der Waals surface area contributed by atoms with Crippen LogP contribution in [-0.2, 0) is 10.0 Å². The van der Waals surface area contributed by atoms with E-state index >= 15 is 0 Å². The number of methoxy groups -OCH3 is 1. The van der Waals surface area contributed by atoms with Gasteiger partial charge in [0.15, 0.2) is 0 Å². The minimum Gasteiger partial charge on any atom is -0.495 e. The Morgan fingerprint density at radius 3 is 2.45 bits per heavy atom. The summed E-state index contributed by atoms with van der Waals surface area (Å²) in [7, 11) is -2.15. The van der Waals surface area contributed by atoms with Gasteiger partial charge in [-0.05, 0) is 61.4 Å². The van der Waals surface area contributed by atoms with Crippen LogP contribution in [0.2, 0.25) is 0 Å². The molecule has 0 atom stereocenters. The van der Waals surface area contributed by atoms with Crippen molar-refractivity contribution in [2.24, 2.45) is 0 Å². The molecule has 1 amide bonds. The molecule has 1 aliphatic rings. The lowest BCUT2D eigenvalue weighted by molar-refractivity contribution is 0.102. The number of benzene rings is 2. The molecule has 1 fully saturated rings. The van der Waals surface area contributed by atoms with Crippen LogP contribution in [0.5, 0.6) is 5.75 Å². The van der Waals surface area contributed by atoms with E-state index in [9.17, 15) is 13.2 Å². The van der Waals surface area contributed by atoms with Gasteiger partial charge in [0.1, 0.15) is 5.75 Å². The van der Waals surface area contributed by atoms with Crippen molar-refractivity contribution in [3.8, 4) is 11.4 Å². The maximum atomic E-state index is 13.0. The number of ether oxygens (including phenoxy) is 1. The lowest BCUT2D eigenvalue weighted by Crippen LogP contribution is -2.35. The maximum Gasteiger partial charge on any atom is 0.255 e. The van der Waals surface area contributed by atoms with Gasteiger partial charge in [-0.3, -0.25) is 4.79 Å². The Balaban J connectivity index is 1.57. The van der Waals surface area contributed by atoms with E-state index in [4.69, 9.17) is 4.74 Å². The largest absolute Gasteiger partial charge is 0.495 e. The first-order valence-corrected chi connectivity index (χ1v) is 11.5. The van der Waals surface area contributed by atoms with Gasteiger partial charge in [0, 0.05) is 31.0 Å². The van der Waals surface area contributed by atoms with Crippen LogP contribution in [0.3, 0.4) is 0 Å². The highest BCUT2D eigenvalue weighted by molar-refractivity contribution is 7.89. The van der Waals surface area contributed by atoms with E-state index in [2.05, 4.69) is 10.4 Å². The molecule has 0 spiro atoms. The van der Waals surface area contributed by atoms with Crippen molar-refractivity contribution in [2.45, 2.75) is 24.2 Å². The molecule has 1 aromatic heterocycles. The summed E-state index contributed by atoms with van der Waals surface area (Å²) in [4.78, 5) is 12.9. The molecule has 0 radical (unpaired) electrons. The van der Waals surface area contributed by atoms with Gasteiger partial charge in [0.2, 0.25) is 10.0 Å². The van der Waals surface area contributed by atoms with E-state index in [-0.39, 0.29) is 10.8 Å². The van der Waals surface area contributed by atoms with Gasteiger partial charge in [0.25, 0.3) is 5.91 Å². The number of anilines is 1. The third-order valence-corrected chi connectivity index (χ3v) is 7.17. The van der Waals surface area contributed by atoms with Crippen LogP contribution in [0.25, 0.3) is 5.69 Å². The zero-order valence-corrected chi connectivity index (χ0v) is 18.0. The van der Waals surface area contributed by atoms with Crippen molar-refractivity contribution in [1.29, 1.82) is 0 Å². The van der Waals surface area contributed by atoms with E-state index in [0.717, 1.165) is 24.9 Å². The summed E-state index contributed by atoms with van der Waals surface area (Å²) >= 11 is 0. The Bertz CT molecular complexity index is 1150. The summed E-state index contributed by atoms with van der Waals surface area (Å²) < 4.78 is 34.5. The molecular weight excluding hydrogens is 416 g/mol. The van der Waals surface area contributed by atoms with Gasteiger partial charge < -0.3 is 10.1 Å². The molecule has 1 aliphatic heterocycles. The van der Waals surface area contributed by atoms with Gasteiger partial charge in [-0.25, -0.2) is 13.1 Å². The summed E-state index contributed by atoms with van der Waals surface area (Å²) in [6.45, 7) is 1.03. The quantitative estimate of drug-likeness (QED) is 0.635. The zero-order valence-electron chi connectivity index (χ0n) is 17.2. The molecule has 2 aromatic carbocycles. The van der Waals surface area contributed by atoms with Crippen molar-refractivity contribution >= 4 is 21.6 Å². The molecule has 0 bridgehead atoms. The van der Waals surface area contributed by atoms with Gasteiger partial charge in [-0.15, -0.1) is 0 Å². The summed E-state index contributed by atoms with van der Waals surface area (Å²) in [6.07, 6.45) is 6.24. The van der Waals surface area contributed by atoms with Gasteiger partial charge in [-0.2, -0.15) is 9.40 Å². The van der Waals surface area contributed by atoms with E-state index in [1.807, 2.05) is 12.3 Å². The predicted molar refractivity (Wildman–Crippen MR) is 117 cm³/mol. The van der Waals surface area contributed by atoms with Crippen LogP contribution in [0.1, 0.15) is 29.6 Å². The molecule has 0 unspecified atom stereocenters. The summed E-state index contributed by atoms with van der Waals surface area (Å²) in [5, 5.41) is 6.94. The number of hydrogen-bond acceptors (Lipinski definition) is 5. The second kappa shape index (κ2) is 8.91. The van der Waals surface area contributed by atoms with Crippen LogP contribution in [-0.4, -0.2) is 48.6 Å². The Morgan fingerprint density at radius 1 is 1.06 bits per heavy atom. The number of piperidine rings is 1. The topological polar surface area (TPSA) is 93.5 Å². The van der Waals surface area contributed by atoms with Crippen LogP contribution < -0.4 is 10.1 Å². The summed E-state index contributed by atoms with van der Waals surface area (Å²) in [6, 6.07) is 13.3. The predicted octanol–water partition coefficient (Wildman–Crippen LogP) is 3.31. The molecule has 1 N–H and O–H groups in total. The number of nitrogens with one attached hydrogen (secondary N) is 1. The number of aromatic nitrogens is 2. The molecule has 31 heavy (non-hydrogen) atoms. The van der Waals surface area contributed by atoms with E-state index in [1.54, 1.807) is 41.2 Å². The highest BCUT2D eigenvalue weighted by atomic mass is 32.2. The Labute approximate surface area is 181 Å². The van der Waals surface area contributed by atoms with Crippen molar-refractivity contribution in [3.63, 3.8) is 0 Å². The van der Waals surface area contributed by atoms with Crippen molar-refractivity contribution < 1.29 is 17.9 Å². The fraction of sp³-hybridized carbons (Fsp3) is 0.273. The van der Waals surface area contributed by atoms with Crippen LogP contribution in [0.15, 0.2) is 65.8 Å². The third-order valence-electron chi connectivity index (χ3n) is 5.27. The van der Waals surface area contributed by atoms with Gasteiger partial charge >= 0.3 is 0 Å². The monoisotopic (exact) mass is 440 g/mol. The van der Waals surface area contributed by atoms with E-state index in [1.165, 1.54) is 23.5 Å². The smallest absolute Gasteiger partial charge is 0.255 e. The molecule has 4 rings (SSSR count). The number of nitrogens with zero attached hydrogens (tertiary/aromatic N) is 3. The average Bonchev–Trinajstić information content (AvgIpc) is 3.35. The highest BCUT2D eigenvalue weighted by Gasteiger charge is 2.27. The molecule has 0 aliphatic carbocycles. The Hall–Kier alpha value is -3.17. The highest BCUT2D eigenvalue weighted by Crippen LogP contribution is 2.30. The van der Waals surface area contributed by atoms with Crippen molar-refractivity contribution in [3.05, 3.63) is 66.5 Å². The average molecular weight is 441 g/mol. The number of sulfonamides is 1. The second-order valence-corrected chi connectivity index (χ2v) is 9.22. The first-order valence-electron chi connectivity index (χ1n) is 10.1. The minimum atomic E-state index is -3.62. The standard InChI is InChI=1S/C22H24N4O4S/c1-30-21-11-10-19(31(28,29)25-13-3-2-4-14-25)16-20(21)24-22(27)17-6-8-18(9-7-17)26-15-5-12-23-26/h5-12,15-16H,2-4,13-14H2,1H3,(H,24,27). The number of rotatable bonds is 6. The van der Waals surface area contributed by atoms with Crippen molar-refractivity contribution in [1.82, 2.24) is 14.1 Å². The van der Waals surface area contributed by atoms with Gasteiger partial charge in [-0.1, -0.05) is 6.42 Å². The molecule has 3 aromatic rings. The lowest BCUT2D eigenvalue weighted by Gasteiger charge is -2.26. The fourth-order valence-corrected chi connectivity index (χ4v) is 5.12. The minimum absolute atomic E-state index is 0.138. The summed E-state index contributed by atoms with van der Waals surface area (Å²) in [5.74, 6) is 0.0249. The molecule has 162 valence electrons. The fourth-order valence-electron chi connectivity index (χ4n) is 3.58. The third kappa shape index (κ3) is 4.47. The van der Waals surface area contributed by atoms with Crippen molar-refractivity contribution in [2.75, 3.05) is 25.5 Å². The van der Waals surface area contributed by atoms with E-state index < -0.39 is 10.0 Å². The second-order valence-electron chi connectivity index (χ2n) is 7.28. The molecule has 1 saturated heterocycles. The molecular formula is C22H24N4O4S. The number of hydrogen-bond donors (Lipinski definition) is 1. The first-order chi connectivity index (χ1) is 15.0. The normalized spacial score (nSPS) is 14.9. The van der Waals surface area contributed by atoms with Crippen LogP contribution in [0.4, 0.5) is 5.69 Å². The Morgan fingerprint density at radius 2 is 1.81 bits per heavy atom. The molecule has 8 nitrogen and oxygen atoms in total. The van der Waals surface area contributed by atoms with Gasteiger partial charge in [0.05, 0.1) is 23.4 Å². The molecule has 2 heterocycles.